The molecule has 0 spiro atoms. The Bertz CT molecular complexity index is 880. The number of hydrogen-bond acceptors (Lipinski definition) is 3. The predicted molar refractivity (Wildman–Crippen MR) is 107 cm³/mol. The lowest BCUT2D eigenvalue weighted by Gasteiger charge is -2.20. The van der Waals surface area contributed by atoms with Gasteiger partial charge in [-0.25, -0.2) is 4.98 Å². The number of anilines is 1. The van der Waals surface area contributed by atoms with Crippen LogP contribution in [-0.4, -0.2) is 25.7 Å². The van der Waals surface area contributed by atoms with Crippen molar-refractivity contribution < 1.29 is 4.79 Å². The van der Waals surface area contributed by atoms with E-state index in [1.165, 1.54) is 0 Å². The van der Waals surface area contributed by atoms with E-state index in [0.29, 0.717) is 11.7 Å². The van der Waals surface area contributed by atoms with Crippen LogP contribution in [0.25, 0.3) is 11.4 Å². The Labute approximate surface area is 160 Å². The van der Waals surface area contributed by atoms with Crippen molar-refractivity contribution in [3.63, 3.8) is 0 Å². The molecule has 0 aliphatic carbocycles. The number of amides is 1. The summed E-state index contributed by atoms with van der Waals surface area (Å²) in [4.78, 5) is 17.5. The number of benzene rings is 1. The average molecular weight is 365 g/mol. The van der Waals surface area contributed by atoms with Crippen molar-refractivity contribution in [1.29, 1.82) is 0 Å². The van der Waals surface area contributed by atoms with Crippen molar-refractivity contribution in [2.45, 2.75) is 46.1 Å². The summed E-state index contributed by atoms with van der Waals surface area (Å²) in [6, 6.07) is 11.3. The highest BCUT2D eigenvalue weighted by molar-refractivity contribution is 5.94. The number of carbonyl (C=O) groups excluding carboxylic acids is 1. The Kier molecular flexibility index (Phi) is 5.74. The van der Waals surface area contributed by atoms with Gasteiger partial charge in [0.2, 0.25) is 5.91 Å². The molecule has 2 N–H and O–H groups in total. The van der Waals surface area contributed by atoms with Crippen molar-refractivity contribution in [2.24, 2.45) is 5.92 Å². The maximum atomic E-state index is 12.9. The SMILES string of the molecule is CC(C)CC(C(=O)Nc1cccc(-c2n[nH]c(C(C)C)n2)c1)n1cccc1. The van der Waals surface area contributed by atoms with Gasteiger partial charge in [0.05, 0.1) is 0 Å². The summed E-state index contributed by atoms with van der Waals surface area (Å²) in [7, 11) is 0. The fourth-order valence-electron chi connectivity index (χ4n) is 2.99. The van der Waals surface area contributed by atoms with Crippen LogP contribution in [0.4, 0.5) is 5.69 Å². The van der Waals surface area contributed by atoms with Crippen LogP contribution in [0.2, 0.25) is 0 Å². The molecule has 1 amide bonds. The number of nitrogens with zero attached hydrogens (tertiary/aromatic N) is 3. The van der Waals surface area contributed by atoms with Gasteiger partial charge in [-0.15, -0.1) is 0 Å². The molecule has 6 nitrogen and oxygen atoms in total. The molecule has 1 atom stereocenters. The number of H-pyrrole nitrogens is 1. The smallest absolute Gasteiger partial charge is 0.247 e. The van der Waals surface area contributed by atoms with Crippen molar-refractivity contribution in [3.8, 4) is 11.4 Å². The summed E-state index contributed by atoms with van der Waals surface area (Å²) in [5.74, 6) is 2.17. The molecule has 2 heterocycles. The van der Waals surface area contributed by atoms with Gasteiger partial charge >= 0.3 is 0 Å². The molecule has 142 valence electrons. The Balaban J connectivity index is 1.79. The van der Waals surface area contributed by atoms with Crippen LogP contribution in [0, 0.1) is 5.92 Å². The topological polar surface area (TPSA) is 75.6 Å². The van der Waals surface area contributed by atoms with E-state index >= 15 is 0 Å². The summed E-state index contributed by atoms with van der Waals surface area (Å²) in [5.41, 5.74) is 1.62. The largest absolute Gasteiger partial charge is 0.342 e. The fourth-order valence-corrected chi connectivity index (χ4v) is 2.99. The molecule has 0 radical (unpaired) electrons. The van der Waals surface area contributed by atoms with Crippen molar-refractivity contribution >= 4 is 11.6 Å². The van der Waals surface area contributed by atoms with Gasteiger partial charge in [0.25, 0.3) is 0 Å². The quantitative estimate of drug-likeness (QED) is 0.641. The summed E-state index contributed by atoms with van der Waals surface area (Å²) in [6.45, 7) is 8.38. The van der Waals surface area contributed by atoms with Gasteiger partial charge in [0.15, 0.2) is 5.82 Å². The maximum absolute atomic E-state index is 12.9. The van der Waals surface area contributed by atoms with E-state index in [1.54, 1.807) is 0 Å². The van der Waals surface area contributed by atoms with Gasteiger partial charge in [0.1, 0.15) is 11.9 Å². The first-order valence-electron chi connectivity index (χ1n) is 9.40. The summed E-state index contributed by atoms with van der Waals surface area (Å²) in [5, 5.41) is 10.3. The van der Waals surface area contributed by atoms with Crippen LogP contribution in [0.1, 0.15) is 51.9 Å². The van der Waals surface area contributed by atoms with E-state index in [1.807, 2.05) is 53.4 Å². The van der Waals surface area contributed by atoms with E-state index in [4.69, 9.17) is 0 Å². The van der Waals surface area contributed by atoms with Crippen molar-refractivity contribution in [3.05, 3.63) is 54.6 Å². The average Bonchev–Trinajstić information content (AvgIpc) is 3.31. The number of aromatic nitrogens is 4. The summed E-state index contributed by atoms with van der Waals surface area (Å²) >= 11 is 0. The Morgan fingerprint density at radius 1 is 1.15 bits per heavy atom. The zero-order valence-electron chi connectivity index (χ0n) is 16.3. The minimum Gasteiger partial charge on any atom is -0.342 e. The lowest BCUT2D eigenvalue weighted by Crippen LogP contribution is -2.26. The molecule has 2 aromatic heterocycles. The molecule has 3 rings (SSSR count). The number of aromatic amines is 1. The fraction of sp³-hybridized carbons (Fsp3) is 0.381. The third-order valence-corrected chi connectivity index (χ3v) is 4.42. The van der Waals surface area contributed by atoms with Gasteiger partial charge in [0, 0.05) is 29.6 Å². The molecular weight excluding hydrogens is 338 g/mol. The molecule has 0 bridgehead atoms. The third kappa shape index (κ3) is 4.64. The second kappa shape index (κ2) is 8.20. The number of carbonyl (C=O) groups is 1. The molecule has 27 heavy (non-hydrogen) atoms. The zero-order valence-corrected chi connectivity index (χ0v) is 16.3. The first-order valence-corrected chi connectivity index (χ1v) is 9.40. The van der Waals surface area contributed by atoms with Crippen molar-refractivity contribution in [2.75, 3.05) is 5.32 Å². The van der Waals surface area contributed by atoms with E-state index in [-0.39, 0.29) is 17.9 Å². The highest BCUT2D eigenvalue weighted by atomic mass is 16.2. The van der Waals surface area contributed by atoms with Crippen molar-refractivity contribution in [1.82, 2.24) is 19.7 Å². The lowest BCUT2D eigenvalue weighted by molar-refractivity contribution is -0.119. The van der Waals surface area contributed by atoms with Crippen LogP contribution in [0.5, 0.6) is 0 Å². The molecule has 6 heteroatoms. The van der Waals surface area contributed by atoms with Crippen LogP contribution >= 0.6 is 0 Å². The standard InChI is InChI=1S/C21H27N5O/c1-14(2)12-18(26-10-5-6-11-26)21(27)22-17-9-7-8-16(13-17)20-23-19(15(3)4)24-25-20/h5-11,13-15,18H,12H2,1-4H3,(H,22,27)(H,23,24,25). The first kappa shape index (κ1) is 18.9. The van der Waals surface area contributed by atoms with Gasteiger partial charge in [-0.05, 0) is 36.6 Å². The first-order chi connectivity index (χ1) is 12.9. The zero-order chi connectivity index (χ0) is 19.4. The van der Waals surface area contributed by atoms with Gasteiger partial charge in [-0.2, -0.15) is 5.10 Å². The lowest BCUT2D eigenvalue weighted by atomic mass is 10.0. The van der Waals surface area contributed by atoms with Crippen LogP contribution in [0.3, 0.4) is 0 Å². The Morgan fingerprint density at radius 2 is 1.89 bits per heavy atom. The molecule has 0 saturated carbocycles. The number of hydrogen-bond donors (Lipinski definition) is 2. The highest BCUT2D eigenvalue weighted by Gasteiger charge is 2.21. The second-order valence-corrected chi connectivity index (χ2v) is 7.54. The molecule has 0 aliphatic heterocycles. The molecule has 0 aliphatic rings. The van der Waals surface area contributed by atoms with E-state index in [9.17, 15) is 4.79 Å². The molecule has 1 unspecified atom stereocenters. The van der Waals surface area contributed by atoms with E-state index in [2.05, 4.69) is 48.2 Å². The van der Waals surface area contributed by atoms with Gasteiger partial charge in [-0.1, -0.05) is 39.8 Å². The normalized spacial score (nSPS) is 12.5. The molecule has 0 fully saturated rings. The Morgan fingerprint density at radius 3 is 2.52 bits per heavy atom. The molecule has 0 saturated heterocycles. The Hall–Kier alpha value is -2.89. The van der Waals surface area contributed by atoms with Gasteiger partial charge < -0.3 is 9.88 Å². The minimum atomic E-state index is -0.236. The molecule has 3 aromatic rings. The van der Waals surface area contributed by atoms with Crippen LogP contribution in [-0.2, 0) is 4.79 Å². The van der Waals surface area contributed by atoms with Crippen LogP contribution in [0.15, 0.2) is 48.8 Å². The molecular formula is C21H27N5O. The van der Waals surface area contributed by atoms with Gasteiger partial charge in [-0.3, -0.25) is 9.89 Å². The predicted octanol–water partition coefficient (Wildman–Crippen LogP) is 4.62. The summed E-state index contributed by atoms with van der Waals surface area (Å²) in [6.07, 6.45) is 4.65. The summed E-state index contributed by atoms with van der Waals surface area (Å²) < 4.78 is 1.96. The monoisotopic (exact) mass is 365 g/mol. The maximum Gasteiger partial charge on any atom is 0.247 e. The van der Waals surface area contributed by atoms with E-state index in [0.717, 1.165) is 23.5 Å². The number of rotatable bonds is 7. The molecule has 1 aromatic carbocycles. The third-order valence-electron chi connectivity index (χ3n) is 4.42. The highest BCUT2D eigenvalue weighted by Crippen LogP contribution is 2.24. The number of nitrogens with one attached hydrogen (secondary N) is 2. The minimum absolute atomic E-state index is 0.0186. The van der Waals surface area contributed by atoms with Crippen LogP contribution < -0.4 is 5.32 Å². The van der Waals surface area contributed by atoms with E-state index < -0.39 is 0 Å². The second-order valence-electron chi connectivity index (χ2n) is 7.54.